The second-order valence-corrected chi connectivity index (χ2v) is 7.72. The van der Waals surface area contributed by atoms with Crippen molar-refractivity contribution in [3.8, 4) is 0 Å². The zero-order valence-corrected chi connectivity index (χ0v) is 13.6. The number of anilines is 1. The van der Waals surface area contributed by atoms with E-state index < -0.39 is 15.8 Å². The normalized spacial score (nSPS) is 11.6. The van der Waals surface area contributed by atoms with Crippen LogP contribution in [0.4, 0.5) is 10.1 Å². The Kier molecular flexibility index (Phi) is 5.21. The lowest BCUT2D eigenvalue weighted by atomic mass is 10.3. The smallest absolute Gasteiger partial charge is 0.271 e. The van der Waals surface area contributed by atoms with Crippen molar-refractivity contribution >= 4 is 38.6 Å². The lowest BCUT2D eigenvalue weighted by Crippen LogP contribution is -2.12. The van der Waals surface area contributed by atoms with E-state index in [1.165, 1.54) is 18.2 Å². The highest BCUT2D eigenvalue weighted by atomic mass is 35.5. The average Bonchev–Trinajstić information content (AvgIpc) is 2.90. The Morgan fingerprint density at radius 1 is 1.29 bits per heavy atom. The molecule has 114 valence electrons. The number of rotatable bonds is 6. The first-order valence-electron chi connectivity index (χ1n) is 6.19. The number of nitrogens with one attached hydrogen (secondary N) is 2. The molecule has 0 atom stereocenters. The fraction of sp³-hybridized carbons (Fsp3) is 0.231. The van der Waals surface area contributed by atoms with Crippen LogP contribution < -0.4 is 10.0 Å². The minimum atomic E-state index is -3.77. The van der Waals surface area contributed by atoms with Gasteiger partial charge in [0.25, 0.3) is 10.0 Å². The Morgan fingerprint density at radius 2 is 2.05 bits per heavy atom. The number of hydrogen-bond acceptors (Lipinski definition) is 4. The van der Waals surface area contributed by atoms with Crippen LogP contribution in [0.5, 0.6) is 0 Å². The highest BCUT2D eigenvalue weighted by Gasteiger charge is 2.18. The molecule has 0 aliphatic carbocycles. The molecule has 0 bridgehead atoms. The first-order valence-corrected chi connectivity index (χ1v) is 8.87. The Hall–Kier alpha value is -1.15. The van der Waals surface area contributed by atoms with Gasteiger partial charge in [-0.2, -0.15) is 0 Å². The largest absolute Gasteiger partial charge is 0.312 e. The molecule has 21 heavy (non-hydrogen) atoms. The van der Waals surface area contributed by atoms with E-state index in [2.05, 4.69) is 10.0 Å². The maximum atomic E-state index is 13.2. The molecule has 0 saturated heterocycles. The maximum Gasteiger partial charge on any atom is 0.271 e. The van der Waals surface area contributed by atoms with Gasteiger partial charge in [0, 0.05) is 11.4 Å². The molecule has 4 nitrogen and oxygen atoms in total. The fourth-order valence-electron chi connectivity index (χ4n) is 1.62. The Bertz CT molecular complexity index is 732. The first-order chi connectivity index (χ1) is 9.92. The minimum Gasteiger partial charge on any atom is -0.312 e. The van der Waals surface area contributed by atoms with Crippen molar-refractivity contribution in [3.05, 3.63) is 46.0 Å². The van der Waals surface area contributed by atoms with Gasteiger partial charge < -0.3 is 5.32 Å². The molecule has 0 aliphatic rings. The molecule has 0 amide bonds. The minimum absolute atomic E-state index is 0.0262. The van der Waals surface area contributed by atoms with Crippen molar-refractivity contribution in [2.24, 2.45) is 0 Å². The third-order valence-electron chi connectivity index (χ3n) is 2.62. The highest BCUT2D eigenvalue weighted by Crippen LogP contribution is 2.28. The second-order valence-electron chi connectivity index (χ2n) is 4.23. The predicted molar refractivity (Wildman–Crippen MR) is 83.9 cm³/mol. The lowest BCUT2D eigenvalue weighted by Gasteiger charge is -2.08. The number of halogens is 2. The van der Waals surface area contributed by atoms with Gasteiger partial charge in [-0.15, -0.1) is 11.3 Å². The molecule has 8 heteroatoms. The van der Waals surface area contributed by atoms with Crippen LogP contribution in [0.1, 0.15) is 11.8 Å². The van der Waals surface area contributed by atoms with Crippen LogP contribution in [-0.4, -0.2) is 15.0 Å². The van der Waals surface area contributed by atoms with Crippen LogP contribution in [0.25, 0.3) is 0 Å². The van der Waals surface area contributed by atoms with Crippen molar-refractivity contribution in [1.82, 2.24) is 5.32 Å². The molecule has 0 spiro atoms. The second kappa shape index (κ2) is 6.74. The Labute approximate surface area is 132 Å². The summed E-state index contributed by atoms with van der Waals surface area (Å²) in [5, 5.41) is 3.26. The van der Waals surface area contributed by atoms with Crippen molar-refractivity contribution in [2.75, 3.05) is 11.3 Å². The van der Waals surface area contributed by atoms with Gasteiger partial charge in [-0.1, -0.05) is 18.5 Å². The molecule has 2 aromatic rings. The molecule has 1 heterocycles. The van der Waals surface area contributed by atoms with Gasteiger partial charge in [0.15, 0.2) is 0 Å². The van der Waals surface area contributed by atoms with Crippen LogP contribution in [0.15, 0.2) is 34.5 Å². The van der Waals surface area contributed by atoms with Crippen LogP contribution >= 0.6 is 22.9 Å². The molecule has 0 unspecified atom stereocenters. The van der Waals surface area contributed by atoms with Crippen LogP contribution in [0, 0.1) is 5.82 Å². The van der Waals surface area contributed by atoms with E-state index in [0.717, 1.165) is 28.8 Å². The molecule has 1 aromatic carbocycles. The average molecular weight is 349 g/mol. The lowest BCUT2D eigenvalue weighted by molar-refractivity contribution is 0.603. The summed E-state index contributed by atoms with van der Waals surface area (Å²) in [4.78, 5) is 0.905. The summed E-state index contributed by atoms with van der Waals surface area (Å²) in [5.41, 5.74) is 0.0262. The van der Waals surface area contributed by atoms with Crippen molar-refractivity contribution < 1.29 is 12.8 Å². The quantitative estimate of drug-likeness (QED) is 0.840. The van der Waals surface area contributed by atoms with Crippen LogP contribution in [0.3, 0.4) is 0 Å². The molecular weight excluding hydrogens is 335 g/mol. The summed E-state index contributed by atoms with van der Waals surface area (Å²) in [6.07, 6.45) is 0. The van der Waals surface area contributed by atoms with E-state index in [1.54, 1.807) is 6.07 Å². The number of hydrogen-bond donors (Lipinski definition) is 2. The van der Waals surface area contributed by atoms with E-state index in [9.17, 15) is 12.8 Å². The van der Waals surface area contributed by atoms with Crippen molar-refractivity contribution in [3.63, 3.8) is 0 Å². The SMILES string of the molecule is CCNCc1ccc(S(=O)(=O)Nc2cc(F)ccc2Cl)s1. The van der Waals surface area contributed by atoms with Gasteiger partial charge in [0.05, 0.1) is 10.7 Å². The maximum absolute atomic E-state index is 13.2. The van der Waals surface area contributed by atoms with Gasteiger partial charge >= 0.3 is 0 Å². The summed E-state index contributed by atoms with van der Waals surface area (Å²) >= 11 is 7.02. The van der Waals surface area contributed by atoms with Crippen molar-refractivity contribution in [1.29, 1.82) is 0 Å². The number of thiophene rings is 1. The molecule has 0 radical (unpaired) electrons. The van der Waals surface area contributed by atoms with Crippen LogP contribution in [0.2, 0.25) is 5.02 Å². The number of sulfonamides is 1. The van der Waals surface area contributed by atoms with Crippen LogP contribution in [-0.2, 0) is 16.6 Å². The topological polar surface area (TPSA) is 58.2 Å². The summed E-state index contributed by atoms with van der Waals surface area (Å²) in [5.74, 6) is -0.559. The van der Waals surface area contributed by atoms with E-state index >= 15 is 0 Å². The van der Waals surface area contributed by atoms with E-state index in [1.807, 2.05) is 6.92 Å². The molecule has 2 rings (SSSR count). The predicted octanol–water partition coefficient (Wildman–Crippen LogP) is 3.45. The molecular formula is C13H14ClFN2O2S2. The monoisotopic (exact) mass is 348 g/mol. The van der Waals surface area contributed by atoms with Gasteiger partial charge in [0.1, 0.15) is 10.0 Å². The third-order valence-corrected chi connectivity index (χ3v) is 5.90. The van der Waals surface area contributed by atoms with Crippen molar-refractivity contribution in [2.45, 2.75) is 17.7 Å². The molecule has 1 aromatic heterocycles. The van der Waals surface area contributed by atoms with Gasteiger partial charge in [-0.05, 0) is 36.9 Å². The zero-order valence-electron chi connectivity index (χ0n) is 11.2. The Balaban J connectivity index is 2.22. The van der Waals surface area contributed by atoms with Gasteiger partial charge in [-0.25, -0.2) is 12.8 Å². The summed E-state index contributed by atoms with van der Waals surface area (Å²) in [6.45, 7) is 3.38. The van der Waals surface area contributed by atoms with E-state index in [4.69, 9.17) is 11.6 Å². The summed E-state index contributed by atoms with van der Waals surface area (Å²) in [7, 11) is -3.77. The highest BCUT2D eigenvalue weighted by molar-refractivity contribution is 7.94. The zero-order chi connectivity index (χ0) is 15.5. The third kappa shape index (κ3) is 4.16. The molecule has 0 saturated carbocycles. The van der Waals surface area contributed by atoms with E-state index in [-0.39, 0.29) is 14.9 Å². The van der Waals surface area contributed by atoms with Gasteiger partial charge in [-0.3, -0.25) is 4.72 Å². The number of benzene rings is 1. The molecule has 0 fully saturated rings. The summed E-state index contributed by atoms with van der Waals surface area (Å²) < 4.78 is 40.1. The van der Waals surface area contributed by atoms with Gasteiger partial charge in [0.2, 0.25) is 0 Å². The standard InChI is InChI=1S/C13H14ClFN2O2S2/c1-2-16-8-10-4-6-13(20-10)21(18,19)17-12-7-9(15)3-5-11(12)14/h3-7,16-17H,2,8H2,1H3. The Morgan fingerprint density at radius 3 is 2.76 bits per heavy atom. The van der Waals surface area contributed by atoms with E-state index in [0.29, 0.717) is 6.54 Å². The first kappa shape index (κ1) is 16.2. The molecule has 2 N–H and O–H groups in total. The fourth-order valence-corrected chi connectivity index (χ4v) is 4.23. The molecule has 0 aliphatic heterocycles. The summed E-state index contributed by atoms with van der Waals surface area (Å²) in [6, 6.07) is 6.79.